The van der Waals surface area contributed by atoms with Crippen molar-refractivity contribution in [1.82, 2.24) is 0 Å². The third kappa shape index (κ3) is 7.96. The van der Waals surface area contributed by atoms with E-state index in [0.29, 0.717) is 0 Å². The minimum Gasteiger partial charge on any atom is -0.253 e. The molecule has 0 spiro atoms. The van der Waals surface area contributed by atoms with Crippen LogP contribution >= 0.6 is 14.1 Å². The van der Waals surface area contributed by atoms with Crippen molar-refractivity contribution in [3.63, 3.8) is 0 Å². The van der Waals surface area contributed by atoms with Crippen LogP contribution in [0.15, 0.2) is 228 Å². The van der Waals surface area contributed by atoms with Gasteiger partial charge in [0.05, 0.1) is 36.6 Å². The lowest BCUT2D eigenvalue weighted by Gasteiger charge is -2.27. The van der Waals surface area contributed by atoms with E-state index in [-0.39, 0.29) is 0 Å². The minimum absolute atomic E-state index is 0.845. The second kappa shape index (κ2) is 17.6. The van der Waals surface area contributed by atoms with Crippen LogP contribution in [0, 0.1) is 37.5 Å². The van der Waals surface area contributed by atoms with Crippen molar-refractivity contribution in [3.8, 4) is 23.7 Å². The van der Waals surface area contributed by atoms with Crippen LogP contribution in [0.2, 0.25) is 0 Å². The number of aryl methyl sites for hydroxylation is 2. The van der Waals surface area contributed by atoms with E-state index in [1.54, 1.807) is 0 Å². The molecule has 58 heavy (non-hydrogen) atoms. The predicted octanol–water partition coefficient (Wildman–Crippen LogP) is 11.3. The second-order valence-electron chi connectivity index (χ2n) is 14.0. The van der Waals surface area contributed by atoms with E-state index in [4.69, 9.17) is 9.49 Å². The Morgan fingerprint density at radius 3 is 0.793 bits per heavy atom. The van der Waals surface area contributed by atoms with Gasteiger partial charge in [-0.15, -0.1) is 0 Å². The maximum Gasteiger partial charge on any atom is 0.0782 e. The first-order valence-electron chi connectivity index (χ1n) is 19.4. The first kappa shape index (κ1) is 38.2. The largest absolute Gasteiger partial charge is 0.253 e. The van der Waals surface area contributed by atoms with Crippen molar-refractivity contribution in [2.45, 2.75) is 13.8 Å². The summed E-state index contributed by atoms with van der Waals surface area (Å²) in [6, 6.07) is 76.8. The molecule has 8 aromatic rings. The van der Waals surface area contributed by atoms with Gasteiger partial charge >= 0.3 is 0 Å². The first-order valence-corrected chi connectivity index (χ1v) is 22.9. The lowest BCUT2D eigenvalue weighted by Crippen LogP contribution is -2.25. The fourth-order valence-corrected chi connectivity index (χ4v) is 14.4. The Morgan fingerprint density at radius 1 is 0.310 bits per heavy atom. The zero-order valence-corrected chi connectivity index (χ0v) is 34.4. The van der Waals surface area contributed by atoms with Gasteiger partial charge in [0.1, 0.15) is 0 Å². The van der Waals surface area contributed by atoms with E-state index in [1.165, 1.54) is 31.8 Å². The topological polar surface area (TPSA) is 24.7 Å². The van der Waals surface area contributed by atoms with Gasteiger partial charge < -0.3 is 0 Å². The van der Waals surface area contributed by atoms with E-state index in [9.17, 15) is 0 Å². The molecule has 0 bridgehead atoms. The van der Waals surface area contributed by atoms with Gasteiger partial charge in [-0.3, -0.25) is 9.49 Å². The summed E-state index contributed by atoms with van der Waals surface area (Å²) in [7, 11) is -5.00. The van der Waals surface area contributed by atoms with Crippen LogP contribution in [0.5, 0.6) is 0 Å². The SMILES string of the molecule is Cc1ccc(N=P(c2ccccc2)(c2ccccc2)c2ccccc2)c(C#CC#Cc2cc(C)ccc2N=P(c2ccccc2)(c2ccccc2)c2ccccc2)c1. The minimum atomic E-state index is -2.50. The molecule has 2 nitrogen and oxygen atoms in total. The molecule has 0 aliphatic carbocycles. The van der Waals surface area contributed by atoms with Gasteiger partial charge in [-0.2, -0.15) is 0 Å². The Morgan fingerprint density at radius 2 is 0.552 bits per heavy atom. The molecule has 0 saturated carbocycles. The third-order valence-electron chi connectivity index (χ3n) is 10.1. The van der Waals surface area contributed by atoms with Crippen LogP contribution in [0.3, 0.4) is 0 Å². The number of rotatable bonds is 8. The normalized spacial score (nSPS) is 11.0. The zero-order valence-electron chi connectivity index (χ0n) is 32.6. The molecule has 278 valence electrons. The van der Waals surface area contributed by atoms with Crippen LogP contribution in [0.4, 0.5) is 11.4 Å². The van der Waals surface area contributed by atoms with Gasteiger partial charge in [0.25, 0.3) is 0 Å². The molecule has 0 atom stereocenters. The van der Waals surface area contributed by atoms with Gasteiger partial charge in [-0.1, -0.05) is 206 Å². The molecule has 8 rings (SSSR count). The Labute approximate surface area is 343 Å². The molecule has 0 amide bonds. The quantitative estimate of drug-likeness (QED) is 0.108. The van der Waals surface area contributed by atoms with Gasteiger partial charge in [-0.25, -0.2) is 0 Å². The van der Waals surface area contributed by atoms with Crippen molar-refractivity contribution >= 4 is 57.3 Å². The summed E-state index contributed by atoms with van der Waals surface area (Å²) in [5.41, 5.74) is 5.61. The molecule has 0 fully saturated rings. The third-order valence-corrected chi connectivity index (χ3v) is 17.4. The molecular formula is C54H42N2P2. The Kier molecular flexibility index (Phi) is 11.6. The highest BCUT2D eigenvalue weighted by Crippen LogP contribution is 2.51. The summed E-state index contributed by atoms with van der Waals surface area (Å²) in [6.07, 6.45) is 0. The van der Waals surface area contributed by atoms with Crippen molar-refractivity contribution in [2.24, 2.45) is 9.49 Å². The molecule has 0 N–H and O–H groups in total. The summed E-state index contributed by atoms with van der Waals surface area (Å²) in [6.45, 7) is 4.19. The molecule has 0 radical (unpaired) electrons. The maximum atomic E-state index is 5.78. The molecule has 4 heteroatoms. The summed E-state index contributed by atoms with van der Waals surface area (Å²) in [5, 5.41) is 7.10. The average Bonchev–Trinajstić information content (AvgIpc) is 3.29. The Bertz CT molecular complexity index is 2490. The monoisotopic (exact) mass is 780 g/mol. The second-order valence-corrected chi connectivity index (χ2v) is 20.1. The standard InChI is InChI=1S/C54H42N2P2/c1-43-37-39-53(55-57(47-25-9-3-10-26-47,48-27-11-4-12-28-48)49-29-13-5-14-30-49)45(41-43)23-21-22-24-46-42-44(2)38-40-54(46)56-58(50-31-15-6-16-32-50,51-33-17-7-18-34-51)52-35-19-8-20-36-52/h3-20,25-42H,1-2H3. The molecule has 0 aliphatic heterocycles. The van der Waals surface area contributed by atoms with E-state index >= 15 is 0 Å². The fraction of sp³-hybridized carbons (Fsp3) is 0.0370. The fourth-order valence-electron chi connectivity index (χ4n) is 7.30. The van der Waals surface area contributed by atoms with Crippen molar-refractivity contribution < 1.29 is 0 Å². The van der Waals surface area contributed by atoms with Crippen molar-refractivity contribution in [2.75, 3.05) is 0 Å². The lowest BCUT2D eigenvalue weighted by molar-refractivity contribution is 1.42. The summed E-state index contributed by atoms with van der Waals surface area (Å²) in [4.78, 5) is 0. The highest BCUT2D eigenvalue weighted by Gasteiger charge is 2.29. The summed E-state index contributed by atoms with van der Waals surface area (Å²) in [5.74, 6) is 13.3. The molecule has 0 unspecified atom stereocenters. The van der Waals surface area contributed by atoms with Crippen LogP contribution in [0.1, 0.15) is 22.3 Å². The summed E-state index contributed by atoms with van der Waals surface area (Å²) >= 11 is 0. The highest BCUT2D eigenvalue weighted by atomic mass is 31.2. The molecule has 0 aliphatic rings. The Hall–Kier alpha value is -6.66. The van der Waals surface area contributed by atoms with Gasteiger partial charge in [0.2, 0.25) is 0 Å². The number of nitrogens with zero attached hydrogens (tertiary/aromatic N) is 2. The van der Waals surface area contributed by atoms with Crippen molar-refractivity contribution in [1.29, 1.82) is 0 Å². The molecule has 0 heterocycles. The molecule has 0 saturated heterocycles. The van der Waals surface area contributed by atoms with E-state index in [2.05, 4.69) is 256 Å². The first-order chi connectivity index (χ1) is 28.6. The number of hydrogen-bond donors (Lipinski definition) is 0. The molecular weight excluding hydrogens is 739 g/mol. The van der Waals surface area contributed by atoms with Gasteiger partial charge in [0.15, 0.2) is 0 Å². The van der Waals surface area contributed by atoms with Crippen LogP contribution < -0.4 is 31.8 Å². The lowest BCUT2D eigenvalue weighted by atomic mass is 10.1. The average molecular weight is 781 g/mol. The van der Waals surface area contributed by atoms with Crippen LogP contribution in [0.25, 0.3) is 0 Å². The molecule has 0 aromatic heterocycles. The Balaban J connectivity index is 1.30. The maximum absolute atomic E-state index is 5.78. The van der Waals surface area contributed by atoms with Gasteiger partial charge in [0, 0.05) is 31.8 Å². The highest BCUT2D eigenvalue weighted by molar-refractivity contribution is 7.88. The smallest absolute Gasteiger partial charge is 0.0782 e. The molecule has 8 aromatic carbocycles. The van der Waals surface area contributed by atoms with Gasteiger partial charge in [-0.05, 0) is 61.1 Å². The number of hydrogen-bond acceptors (Lipinski definition) is 2. The van der Waals surface area contributed by atoms with Crippen LogP contribution in [-0.2, 0) is 0 Å². The van der Waals surface area contributed by atoms with E-state index in [1.807, 2.05) is 0 Å². The zero-order chi connectivity index (χ0) is 39.6. The van der Waals surface area contributed by atoms with Crippen molar-refractivity contribution in [3.05, 3.63) is 241 Å². The van der Waals surface area contributed by atoms with E-state index < -0.39 is 14.1 Å². The van der Waals surface area contributed by atoms with E-state index in [0.717, 1.165) is 33.6 Å². The summed E-state index contributed by atoms with van der Waals surface area (Å²) < 4.78 is 11.6. The number of benzene rings is 8. The van der Waals surface area contributed by atoms with Crippen LogP contribution in [-0.4, -0.2) is 0 Å². The predicted molar refractivity (Wildman–Crippen MR) is 251 cm³/mol.